The molecule has 1 fully saturated rings. The zero-order chi connectivity index (χ0) is 14.6. The van der Waals surface area contributed by atoms with Gasteiger partial charge in [0.05, 0.1) is 4.90 Å². The van der Waals surface area contributed by atoms with Crippen LogP contribution in [0.1, 0.15) is 11.1 Å². The van der Waals surface area contributed by atoms with Gasteiger partial charge < -0.3 is 5.11 Å². The van der Waals surface area contributed by atoms with Gasteiger partial charge in [-0.05, 0) is 30.7 Å². The minimum absolute atomic E-state index is 0.203. The van der Waals surface area contributed by atoms with Crippen LogP contribution in [0.5, 0.6) is 0 Å². The average Bonchev–Trinajstić information content (AvgIpc) is 2.47. The summed E-state index contributed by atoms with van der Waals surface area (Å²) in [5, 5.41) is 8.69. The Morgan fingerprint density at radius 2 is 2.05 bits per heavy atom. The van der Waals surface area contributed by atoms with Gasteiger partial charge in [-0.1, -0.05) is 11.8 Å². The summed E-state index contributed by atoms with van der Waals surface area (Å²) in [5.74, 6) is 7.07. The molecule has 0 radical (unpaired) electrons. The van der Waals surface area contributed by atoms with Crippen LogP contribution in [0.4, 0.5) is 0 Å². The molecule has 20 heavy (non-hydrogen) atoms. The quantitative estimate of drug-likeness (QED) is 0.830. The number of nitrogens with zero attached hydrogens (tertiary/aromatic N) is 1. The molecule has 0 aliphatic carbocycles. The van der Waals surface area contributed by atoms with E-state index in [1.54, 1.807) is 30.0 Å². The van der Waals surface area contributed by atoms with Gasteiger partial charge in [0.15, 0.2) is 0 Å². The molecule has 6 heteroatoms. The Bertz CT molecular complexity index is 638. The molecule has 0 aromatic heterocycles. The zero-order valence-electron chi connectivity index (χ0n) is 11.3. The molecule has 1 heterocycles. The van der Waals surface area contributed by atoms with Crippen molar-refractivity contribution < 1.29 is 13.5 Å². The number of aliphatic hydroxyl groups is 1. The Balaban J connectivity index is 2.30. The van der Waals surface area contributed by atoms with Crippen LogP contribution >= 0.6 is 11.8 Å². The lowest BCUT2D eigenvalue weighted by molar-refractivity contribution is 0.350. The SMILES string of the molecule is Cc1cc(S(=O)(=O)N2CCSCC2)ccc1C#CCO. The fraction of sp³-hybridized carbons (Fsp3) is 0.429. The van der Waals surface area contributed by atoms with Crippen molar-refractivity contribution in [2.24, 2.45) is 0 Å². The Labute approximate surface area is 124 Å². The standard InChI is InChI=1S/C14H17NO3S2/c1-12-11-14(5-4-13(12)3-2-8-16)20(17,18)15-6-9-19-10-7-15/h4-5,11,16H,6-10H2,1H3. The molecule has 1 saturated heterocycles. The number of aryl methyl sites for hydroxylation is 1. The lowest BCUT2D eigenvalue weighted by Crippen LogP contribution is -2.37. The van der Waals surface area contributed by atoms with Gasteiger partial charge in [-0.2, -0.15) is 16.1 Å². The van der Waals surface area contributed by atoms with Gasteiger partial charge in [0, 0.05) is 30.2 Å². The van der Waals surface area contributed by atoms with E-state index < -0.39 is 10.0 Å². The number of sulfonamides is 1. The zero-order valence-corrected chi connectivity index (χ0v) is 12.9. The van der Waals surface area contributed by atoms with Crippen LogP contribution in [0.2, 0.25) is 0 Å². The van der Waals surface area contributed by atoms with Gasteiger partial charge in [0.2, 0.25) is 10.0 Å². The number of hydrogen-bond acceptors (Lipinski definition) is 4. The van der Waals surface area contributed by atoms with E-state index in [4.69, 9.17) is 5.11 Å². The minimum atomic E-state index is -3.40. The highest BCUT2D eigenvalue weighted by Crippen LogP contribution is 2.22. The normalized spacial score (nSPS) is 16.5. The van der Waals surface area contributed by atoms with Crippen molar-refractivity contribution >= 4 is 21.8 Å². The maximum absolute atomic E-state index is 12.5. The predicted molar refractivity (Wildman–Crippen MR) is 81.2 cm³/mol. The van der Waals surface area contributed by atoms with E-state index in [2.05, 4.69) is 11.8 Å². The maximum atomic E-state index is 12.5. The molecule has 1 aromatic carbocycles. The lowest BCUT2D eigenvalue weighted by Gasteiger charge is -2.25. The van der Waals surface area contributed by atoms with Crippen molar-refractivity contribution in [3.05, 3.63) is 29.3 Å². The monoisotopic (exact) mass is 311 g/mol. The van der Waals surface area contributed by atoms with Gasteiger partial charge in [-0.25, -0.2) is 8.42 Å². The van der Waals surface area contributed by atoms with Crippen molar-refractivity contribution in [2.45, 2.75) is 11.8 Å². The number of hydrogen-bond donors (Lipinski definition) is 1. The van der Waals surface area contributed by atoms with Crippen LogP contribution < -0.4 is 0 Å². The van der Waals surface area contributed by atoms with Crippen molar-refractivity contribution in [3.8, 4) is 11.8 Å². The molecule has 0 bridgehead atoms. The molecule has 1 N–H and O–H groups in total. The van der Waals surface area contributed by atoms with E-state index in [0.29, 0.717) is 18.0 Å². The van der Waals surface area contributed by atoms with Crippen LogP contribution in [0, 0.1) is 18.8 Å². The lowest BCUT2D eigenvalue weighted by atomic mass is 10.1. The molecular formula is C14H17NO3S2. The Morgan fingerprint density at radius 1 is 1.35 bits per heavy atom. The van der Waals surface area contributed by atoms with Gasteiger partial charge in [-0.3, -0.25) is 0 Å². The van der Waals surface area contributed by atoms with Crippen molar-refractivity contribution in [1.82, 2.24) is 4.31 Å². The third-order valence-electron chi connectivity index (χ3n) is 3.11. The summed E-state index contributed by atoms with van der Waals surface area (Å²) in [5.41, 5.74) is 1.55. The first-order valence-corrected chi connectivity index (χ1v) is 8.93. The molecule has 4 nitrogen and oxygen atoms in total. The summed E-state index contributed by atoms with van der Waals surface area (Å²) in [4.78, 5) is 0.316. The molecule has 108 valence electrons. The smallest absolute Gasteiger partial charge is 0.243 e. The predicted octanol–water partition coefficient (Wildman–Crippen LogP) is 1.08. The first-order chi connectivity index (χ1) is 9.55. The Morgan fingerprint density at radius 3 is 2.65 bits per heavy atom. The summed E-state index contributed by atoms with van der Waals surface area (Å²) in [7, 11) is -3.40. The fourth-order valence-electron chi connectivity index (χ4n) is 2.01. The fourth-order valence-corrected chi connectivity index (χ4v) is 4.67. The third kappa shape index (κ3) is 3.36. The largest absolute Gasteiger partial charge is 0.384 e. The molecule has 1 aliphatic heterocycles. The van der Waals surface area contributed by atoms with E-state index in [9.17, 15) is 8.42 Å². The van der Waals surface area contributed by atoms with E-state index in [1.165, 1.54) is 4.31 Å². The highest BCUT2D eigenvalue weighted by atomic mass is 32.2. The molecule has 0 saturated carbocycles. The van der Waals surface area contributed by atoms with Crippen LogP contribution in [0.25, 0.3) is 0 Å². The highest BCUT2D eigenvalue weighted by molar-refractivity contribution is 7.99. The number of benzene rings is 1. The van der Waals surface area contributed by atoms with Gasteiger partial charge in [0.1, 0.15) is 6.61 Å². The molecule has 0 atom stereocenters. The average molecular weight is 311 g/mol. The number of rotatable bonds is 2. The number of thioether (sulfide) groups is 1. The second-order valence-electron chi connectivity index (χ2n) is 4.45. The molecule has 1 aromatic rings. The molecule has 0 unspecified atom stereocenters. The minimum Gasteiger partial charge on any atom is -0.384 e. The third-order valence-corrected chi connectivity index (χ3v) is 5.94. The first kappa shape index (κ1) is 15.4. The topological polar surface area (TPSA) is 57.6 Å². The molecule has 0 amide bonds. The van der Waals surface area contributed by atoms with Crippen LogP contribution in [-0.4, -0.2) is 49.0 Å². The van der Waals surface area contributed by atoms with Crippen LogP contribution in [0.15, 0.2) is 23.1 Å². The van der Waals surface area contributed by atoms with Crippen molar-refractivity contribution in [3.63, 3.8) is 0 Å². The van der Waals surface area contributed by atoms with E-state index in [-0.39, 0.29) is 6.61 Å². The van der Waals surface area contributed by atoms with Gasteiger partial charge in [0.25, 0.3) is 0 Å². The molecule has 0 spiro atoms. The van der Waals surface area contributed by atoms with Gasteiger partial charge in [-0.15, -0.1) is 0 Å². The van der Waals surface area contributed by atoms with E-state index in [0.717, 1.165) is 22.6 Å². The molecule has 2 rings (SSSR count). The number of aliphatic hydroxyl groups excluding tert-OH is 1. The second kappa shape index (κ2) is 6.64. The second-order valence-corrected chi connectivity index (χ2v) is 7.62. The first-order valence-electron chi connectivity index (χ1n) is 6.34. The summed E-state index contributed by atoms with van der Waals surface area (Å²) in [6, 6.07) is 4.94. The molecule has 1 aliphatic rings. The maximum Gasteiger partial charge on any atom is 0.243 e. The summed E-state index contributed by atoms with van der Waals surface area (Å²) < 4.78 is 26.5. The van der Waals surface area contributed by atoms with Crippen molar-refractivity contribution in [2.75, 3.05) is 31.2 Å². The molecular weight excluding hydrogens is 294 g/mol. The summed E-state index contributed by atoms with van der Waals surface area (Å²) in [6.07, 6.45) is 0. The summed E-state index contributed by atoms with van der Waals surface area (Å²) >= 11 is 1.78. The van der Waals surface area contributed by atoms with E-state index >= 15 is 0 Å². The Hall–Kier alpha value is -1.00. The van der Waals surface area contributed by atoms with Gasteiger partial charge >= 0.3 is 0 Å². The highest BCUT2D eigenvalue weighted by Gasteiger charge is 2.26. The van der Waals surface area contributed by atoms with Crippen LogP contribution in [-0.2, 0) is 10.0 Å². The van der Waals surface area contributed by atoms with Crippen molar-refractivity contribution in [1.29, 1.82) is 0 Å². The Kier molecular flexibility index (Phi) is 5.11. The van der Waals surface area contributed by atoms with Crippen LogP contribution in [0.3, 0.4) is 0 Å². The van der Waals surface area contributed by atoms with E-state index in [1.807, 2.05) is 6.92 Å². The summed E-state index contributed by atoms with van der Waals surface area (Å²) in [6.45, 7) is 2.76.